The molecule has 0 heterocycles. The largest absolute Gasteiger partial charge is 0.490 e. The van der Waals surface area contributed by atoms with E-state index in [0.29, 0.717) is 25.1 Å². The third kappa shape index (κ3) is 8.28. The van der Waals surface area contributed by atoms with Crippen molar-refractivity contribution in [3.8, 4) is 5.75 Å². The van der Waals surface area contributed by atoms with E-state index < -0.39 is 11.0 Å². The second-order valence-electron chi connectivity index (χ2n) is 7.76. The molecule has 8 nitrogen and oxygen atoms in total. The Morgan fingerprint density at radius 1 is 1.16 bits per heavy atom. The van der Waals surface area contributed by atoms with Crippen LogP contribution in [0.5, 0.6) is 5.75 Å². The number of carbonyl (C=O) groups is 1. The lowest BCUT2D eigenvalue weighted by Crippen LogP contribution is -2.25. The van der Waals surface area contributed by atoms with E-state index in [1.54, 1.807) is 0 Å². The Labute approximate surface area is 188 Å². The predicted octanol–water partition coefficient (Wildman–Crippen LogP) is 5.57. The summed E-state index contributed by atoms with van der Waals surface area (Å²) in [5, 5.41) is 23.2. The molecule has 0 saturated heterocycles. The maximum atomic E-state index is 12.3. The summed E-state index contributed by atoms with van der Waals surface area (Å²) in [5.41, 5.74) is 1.11. The molecule has 1 amide bonds. The topological polar surface area (TPSA) is 111 Å². The standard InChI is InChI=1S/C24H32N2O6/c1-3-4-6-11-20(13-15-24(27)25-17-19-9-7-5-8-10-19)31-21-12-14-23(26(28)29)22(16-21)18(2)32-30/h5,7-10,12,14,16,18,20,30H,3-4,6,11,13,15,17H2,1-2H3,(H,25,27). The number of nitro groups is 1. The van der Waals surface area contributed by atoms with Crippen LogP contribution in [-0.4, -0.2) is 22.2 Å². The SMILES string of the molecule is CCCCCC(CCC(=O)NCc1ccccc1)Oc1ccc([N+](=O)[O-])c(C(C)OO)c1. The van der Waals surface area contributed by atoms with Gasteiger partial charge in [0.2, 0.25) is 5.91 Å². The van der Waals surface area contributed by atoms with Crippen LogP contribution in [0.3, 0.4) is 0 Å². The van der Waals surface area contributed by atoms with Crippen LogP contribution in [0.2, 0.25) is 0 Å². The molecule has 2 aromatic carbocycles. The van der Waals surface area contributed by atoms with Gasteiger partial charge in [-0.05, 0) is 43.9 Å². The number of ether oxygens (including phenoxy) is 1. The average Bonchev–Trinajstić information content (AvgIpc) is 2.81. The first-order valence-corrected chi connectivity index (χ1v) is 11.0. The molecule has 0 aliphatic rings. The second kappa shape index (κ2) is 13.4. The number of nitro benzene ring substituents is 1. The van der Waals surface area contributed by atoms with Crippen LogP contribution >= 0.6 is 0 Å². The molecule has 2 atom stereocenters. The van der Waals surface area contributed by atoms with E-state index >= 15 is 0 Å². The molecular weight excluding hydrogens is 412 g/mol. The van der Waals surface area contributed by atoms with Gasteiger partial charge in [-0.2, -0.15) is 0 Å². The fourth-order valence-electron chi connectivity index (χ4n) is 3.41. The predicted molar refractivity (Wildman–Crippen MR) is 121 cm³/mol. The monoisotopic (exact) mass is 444 g/mol. The summed E-state index contributed by atoms with van der Waals surface area (Å²) in [7, 11) is 0. The minimum absolute atomic E-state index is 0.0513. The highest BCUT2D eigenvalue weighted by molar-refractivity contribution is 5.75. The number of nitrogens with zero attached hydrogens (tertiary/aromatic N) is 1. The number of carbonyl (C=O) groups excluding carboxylic acids is 1. The highest BCUT2D eigenvalue weighted by Gasteiger charge is 2.22. The molecule has 0 bridgehead atoms. The van der Waals surface area contributed by atoms with Crippen molar-refractivity contribution in [2.24, 2.45) is 0 Å². The van der Waals surface area contributed by atoms with Crippen molar-refractivity contribution >= 4 is 11.6 Å². The molecule has 0 aliphatic carbocycles. The Morgan fingerprint density at radius 2 is 1.91 bits per heavy atom. The van der Waals surface area contributed by atoms with E-state index in [2.05, 4.69) is 17.1 Å². The number of unbranched alkanes of at least 4 members (excludes halogenated alkanes) is 2. The van der Waals surface area contributed by atoms with Crippen LogP contribution in [-0.2, 0) is 16.2 Å². The zero-order valence-corrected chi connectivity index (χ0v) is 18.7. The molecule has 0 saturated carbocycles. The molecule has 0 fully saturated rings. The van der Waals surface area contributed by atoms with Crippen molar-refractivity contribution in [3.05, 3.63) is 69.8 Å². The van der Waals surface area contributed by atoms with E-state index in [9.17, 15) is 14.9 Å². The van der Waals surface area contributed by atoms with Crippen LogP contribution in [0.1, 0.15) is 69.6 Å². The van der Waals surface area contributed by atoms with Crippen molar-refractivity contribution in [2.45, 2.75) is 71.1 Å². The summed E-state index contributed by atoms with van der Waals surface area (Å²) < 4.78 is 6.10. The van der Waals surface area contributed by atoms with Crippen LogP contribution in [0.15, 0.2) is 48.5 Å². The van der Waals surface area contributed by atoms with Gasteiger partial charge in [-0.3, -0.25) is 20.2 Å². The molecule has 0 radical (unpaired) electrons. The quantitative estimate of drug-likeness (QED) is 0.171. The molecule has 32 heavy (non-hydrogen) atoms. The second-order valence-corrected chi connectivity index (χ2v) is 7.76. The van der Waals surface area contributed by atoms with E-state index in [4.69, 9.17) is 9.99 Å². The average molecular weight is 445 g/mol. The van der Waals surface area contributed by atoms with E-state index in [0.717, 1.165) is 31.2 Å². The fraction of sp³-hybridized carbons (Fsp3) is 0.458. The molecule has 2 aromatic rings. The number of hydrogen-bond donors (Lipinski definition) is 2. The van der Waals surface area contributed by atoms with Crippen LogP contribution in [0.4, 0.5) is 5.69 Å². The summed E-state index contributed by atoms with van der Waals surface area (Å²) in [4.78, 5) is 27.4. The lowest BCUT2D eigenvalue weighted by Gasteiger charge is -2.20. The third-order valence-electron chi connectivity index (χ3n) is 5.25. The van der Waals surface area contributed by atoms with E-state index in [-0.39, 0.29) is 23.3 Å². The van der Waals surface area contributed by atoms with Gasteiger partial charge < -0.3 is 10.1 Å². The van der Waals surface area contributed by atoms with E-state index in [1.165, 1.54) is 25.1 Å². The smallest absolute Gasteiger partial charge is 0.275 e. The first kappa shape index (κ1) is 25.3. The number of amides is 1. The lowest BCUT2D eigenvalue weighted by atomic mass is 10.0. The minimum atomic E-state index is -0.874. The highest BCUT2D eigenvalue weighted by Crippen LogP contribution is 2.31. The number of nitrogens with one attached hydrogen (secondary N) is 1. The third-order valence-corrected chi connectivity index (χ3v) is 5.25. The number of benzene rings is 2. The summed E-state index contributed by atoms with van der Waals surface area (Å²) >= 11 is 0. The Hall–Kier alpha value is -2.97. The minimum Gasteiger partial charge on any atom is -0.490 e. The van der Waals surface area contributed by atoms with Crippen LogP contribution in [0, 0.1) is 10.1 Å². The molecule has 0 aliphatic heterocycles. The van der Waals surface area contributed by atoms with Crippen LogP contribution in [0.25, 0.3) is 0 Å². The zero-order valence-electron chi connectivity index (χ0n) is 18.7. The molecule has 2 rings (SSSR count). The van der Waals surface area contributed by atoms with Crippen molar-refractivity contribution in [2.75, 3.05) is 0 Å². The zero-order chi connectivity index (χ0) is 23.3. The van der Waals surface area contributed by atoms with Crippen molar-refractivity contribution in [1.29, 1.82) is 0 Å². The Balaban J connectivity index is 2.01. The number of hydrogen-bond acceptors (Lipinski definition) is 6. The molecule has 174 valence electrons. The van der Waals surface area contributed by atoms with Gasteiger partial charge in [0.25, 0.3) is 5.69 Å². The van der Waals surface area contributed by atoms with Gasteiger partial charge in [0.15, 0.2) is 0 Å². The van der Waals surface area contributed by atoms with E-state index in [1.807, 2.05) is 30.3 Å². The molecule has 2 unspecified atom stereocenters. The summed E-state index contributed by atoms with van der Waals surface area (Å²) in [5.74, 6) is 0.394. The molecule has 0 spiro atoms. The van der Waals surface area contributed by atoms with Gasteiger partial charge in [0.1, 0.15) is 11.9 Å². The van der Waals surface area contributed by atoms with Crippen molar-refractivity contribution in [3.63, 3.8) is 0 Å². The van der Waals surface area contributed by atoms with Gasteiger partial charge in [-0.15, -0.1) is 0 Å². The van der Waals surface area contributed by atoms with Gasteiger partial charge in [0.05, 0.1) is 16.6 Å². The van der Waals surface area contributed by atoms with Crippen LogP contribution < -0.4 is 10.1 Å². The fourth-order valence-corrected chi connectivity index (χ4v) is 3.41. The first-order valence-electron chi connectivity index (χ1n) is 11.0. The Kier molecular flexibility index (Phi) is 10.6. The molecule has 2 N–H and O–H groups in total. The van der Waals surface area contributed by atoms with Crippen molar-refractivity contribution in [1.82, 2.24) is 5.32 Å². The maximum Gasteiger partial charge on any atom is 0.275 e. The summed E-state index contributed by atoms with van der Waals surface area (Å²) in [6.45, 7) is 4.11. The molecule has 8 heteroatoms. The van der Waals surface area contributed by atoms with Gasteiger partial charge >= 0.3 is 0 Å². The highest BCUT2D eigenvalue weighted by atomic mass is 17.1. The van der Waals surface area contributed by atoms with Crippen molar-refractivity contribution < 1.29 is 24.6 Å². The Bertz CT molecular complexity index is 859. The maximum absolute atomic E-state index is 12.3. The first-order chi connectivity index (χ1) is 15.4. The summed E-state index contributed by atoms with van der Waals surface area (Å²) in [6.07, 6.45) is 3.63. The normalized spacial score (nSPS) is 12.7. The number of rotatable bonds is 14. The lowest BCUT2D eigenvalue weighted by molar-refractivity contribution is -0.387. The summed E-state index contributed by atoms with van der Waals surface area (Å²) in [6, 6.07) is 14.1. The molecule has 0 aromatic heterocycles. The van der Waals surface area contributed by atoms with Gasteiger partial charge in [-0.25, -0.2) is 4.89 Å². The Morgan fingerprint density at radius 3 is 2.56 bits per heavy atom. The van der Waals surface area contributed by atoms with Gasteiger partial charge in [-0.1, -0.05) is 50.1 Å². The van der Waals surface area contributed by atoms with Gasteiger partial charge in [0, 0.05) is 19.0 Å². The molecular formula is C24H32N2O6.